The van der Waals surface area contributed by atoms with Crippen LogP contribution >= 0.6 is 11.6 Å². The first-order valence-electron chi connectivity index (χ1n) is 3.74. The number of carbonyl (C=O) groups is 1. The van der Waals surface area contributed by atoms with Gasteiger partial charge in [-0.1, -0.05) is 30.3 Å². The number of halogens is 1. The third kappa shape index (κ3) is 2.17. The van der Waals surface area contributed by atoms with Gasteiger partial charge in [-0.25, -0.2) is 0 Å². The minimum atomic E-state index is -0.343. The second-order valence-electron chi connectivity index (χ2n) is 2.57. The Kier molecular flexibility index (Phi) is 3.23. The van der Waals surface area contributed by atoms with Crippen molar-refractivity contribution >= 4 is 17.4 Å². The first-order valence-corrected chi connectivity index (χ1v) is 4.12. The van der Waals surface area contributed by atoms with Crippen molar-refractivity contribution in [2.24, 2.45) is 0 Å². The molecule has 1 N–H and O–H groups in total. The van der Waals surface area contributed by atoms with E-state index in [1.165, 1.54) is 0 Å². The van der Waals surface area contributed by atoms with Crippen molar-refractivity contribution < 1.29 is 9.90 Å². The fraction of sp³-hybridized carbons (Fsp3) is 0.100. The summed E-state index contributed by atoms with van der Waals surface area (Å²) in [5, 5.41) is 9.07. The van der Waals surface area contributed by atoms with Gasteiger partial charge >= 0.3 is 0 Å². The summed E-state index contributed by atoms with van der Waals surface area (Å²) in [6.07, 6.45) is 0. The molecule has 0 amide bonds. The van der Waals surface area contributed by atoms with Gasteiger partial charge in [0, 0.05) is 11.1 Å². The lowest BCUT2D eigenvalue weighted by molar-refractivity contribution is 0.102. The van der Waals surface area contributed by atoms with Crippen LogP contribution in [0.1, 0.15) is 10.4 Å². The minimum absolute atomic E-state index is 0.146. The van der Waals surface area contributed by atoms with Crippen LogP contribution in [0.5, 0.6) is 0 Å². The predicted molar refractivity (Wildman–Crippen MR) is 52.0 cm³/mol. The van der Waals surface area contributed by atoms with E-state index in [-0.39, 0.29) is 18.0 Å². The zero-order valence-electron chi connectivity index (χ0n) is 6.96. The van der Waals surface area contributed by atoms with Gasteiger partial charge in [0.15, 0.2) is 5.78 Å². The van der Waals surface area contributed by atoms with Gasteiger partial charge in [0.1, 0.15) is 0 Å². The monoisotopic (exact) mass is 196 g/mol. The highest BCUT2D eigenvalue weighted by molar-refractivity contribution is 6.34. The Morgan fingerprint density at radius 3 is 2.62 bits per heavy atom. The SMILES string of the molecule is C=C(CO)C(=O)c1ccccc1Cl. The molecule has 0 saturated heterocycles. The molecule has 0 fully saturated rings. The molecule has 2 nitrogen and oxygen atoms in total. The standard InChI is InChI=1S/C10H9ClO2/c1-7(6-12)10(13)8-4-2-3-5-9(8)11/h2-5,12H,1,6H2. The van der Waals surface area contributed by atoms with Crippen LogP contribution in [0, 0.1) is 0 Å². The van der Waals surface area contributed by atoms with Crippen LogP contribution in [-0.2, 0) is 0 Å². The van der Waals surface area contributed by atoms with Gasteiger partial charge in [0.25, 0.3) is 0 Å². The van der Waals surface area contributed by atoms with Gasteiger partial charge in [-0.15, -0.1) is 0 Å². The van der Waals surface area contributed by atoms with E-state index in [1.807, 2.05) is 0 Å². The molecule has 13 heavy (non-hydrogen) atoms. The fourth-order valence-electron chi connectivity index (χ4n) is 0.908. The molecule has 0 unspecified atom stereocenters. The Morgan fingerprint density at radius 2 is 2.08 bits per heavy atom. The van der Waals surface area contributed by atoms with Gasteiger partial charge < -0.3 is 5.11 Å². The highest BCUT2D eigenvalue weighted by atomic mass is 35.5. The predicted octanol–water partition coefficient (Wildman–Crippen LogP) is 2.07. The van der Waals surface area contributed by atoms with E-state index in [0.29, 0.717) is 10.6 Å². The number of rotatable bonds is 3. The Balaban J connectivity index is 3.02. The topological polar surface area (TPSA) is 37.3 Å². The van der Waals surface area contributed by atoms with Gasteiger partial charge in [-0.2, -0.15) is 0 Å². The summed E-state index contributed by atoms with van der Waals surface area (Å²) < 4.78 is 0. The number of ketones is 1. The summed E-state index contributed by atoms with van der Waals surface area (Å²) in [5.41, 5.74) is 0.524. The number of Topliss-reactive ketones (excluding diaryl/α,β-unsaturated/α-hetero) is 1. The lowest BCUT2D eigenvalue weighted by atomic mass is 10.1. The maximum atomic E-state index is 11.5. The minimum Gasteiger partial charge on any atom is -0.392 e. The fourth-order valence-corrected chi connectivity index (χ4v) is 1.13. The number of hydrogen-bond acceptors (Lipinski definition) is 2. The molecular formula is C10H9ClO2. The van der Waals surface area contributed by atoms with Crippen LogP contribution in [0.15, 0.2) is 36.4 Å². The van der Waals surface area contributed by atoms with E-state index >= 15 is 0 Å². The molecule has 1 aromatic rings. The molecule has 0 heterocycles. The maximum absolute atomic E-state index is 11.5. The van der Waals surface area contributed by atoms with E-state index in [9.17, 15) is 4.79 Å². The number of carbonyl (C=O) groups excluding carboxylic acids is 1. The van der Waals surface area contributed by atoms with Crippen molar-refractivity contribution in [1.29, 1.82) is 0 Å². The Hall–Kier alpha value is -1.12. The quantitative estimate of drug-likeness (QED) is 0.594. The summed E-state index contributed by atoms with van der Waals surface area (Å²) >= 11 is 5.78. The molecular weight excluding hydrogens is 188 g/mol. The zero-order chi connectivity index (χ0) is 9.84. The smallest absolute Gasteiger partial charge is 0.192 e. The van der Waals surface area contributed by atoms with Gasteiger partial charge in [0.2, 0.25) is 0 Å². The van der Waals surface area contributed by atoms with Crippen molar-refractivity contribution in [2.45, 2.75) is 0 Å². The summed E-state index contributed by atoms with van der Waals surface area (Å²) in [4.78, 5) is 11.5. The van der Waals surface area contributed by atoms with E-state index < -0.39 is 0 Å². The van der Waals surface area contributed by atoms with E-state index in [1.54, 1.807) is 24.3 Å². The lowest BCUT2D eigenvalue weighted by Crippen LogP contribution is -2.06. The van der Waals surface area contributed by atoms with Crippen molar-refractivity contribution in [2.75, 3.05) is 6.61 Å². The molecule has 1 rings (SSSR count). The molecule has 0 aromatic heterocycles. The molecule has 0 bridgehead atoms. The maximum Gasteiger partial charge on any atom is 0.192 e. The molecule has 0 atom stereocenters. The van der Waals surface area contributed by atoms with Crippen molar-refractivity contribution in [3.05, 3.63) is 47.0 Å². The molecule has 1 aromatic carbocycles. The normalized spacial score (nSPS) is 9.69. The Bertz CT molecular complexity index is 345. The van der Waals surface area contributed by atoms with Crippen LogP contribution in [0.3, 0.4) is 0 Å². The van der Waals surface area contributed by atoms with Crippen LogP contribution in [0.25, 0.3) is 0 Å². The first kappa shape index (κ1) is 9.96. The molecule has 0 saturated carbocycles. The Labute approximate surface area is 81.5 Å². The largest absolute Gasteiger partial charge is 0.392 e. The van der Waals surface area contributed by atoms with Crippen LogP contribution in [0.2, 0.25) is 5.02 Å². The second-order valence-corrected chi connectivity index (χ2v) is 2.98. The van der Waals surface area contributed by atoms with Crippen molar-refractivity contribution in [3.8, 4) is 0 Å². The third-order valence-corrected chi connectivity index (χ3v) is 1.96. The van der Waals surface area contributed by atoms with Crippen molar-refractivity contribution in [3.63, 3.8) is 0 Å². The van der Waals surface area contributed by atoms with Gasteiger partial charge in [0.05, 0.1) is 11.6 Å². The summed E-state index contributed by atoms with van der Waals surface area (Å²) in [5.74, 6) is -0.312. The number of hydrogen-bond donors (Lipinski definition) is 1. The average Bonchev–Trinajstić information content (AvgIpc) is 2.16. The molecule has 0 aliphatic heterocycles. The van der Waals surface area contributed by atoms with E-state index in [2.05, 4.69) is 6.58 Å². The molecule has 0 aliphatic carbocycles. The summed E-state index contributed by atoms with van der Waals surface area (Å²) in [6.45, 7) is 3.09. The highest BCUT2D eigenvalue weighted by Crippen LogP contribution is 2.17. The molecule has 0 spiro atoms. The summed E-state index contributed by atoms with van der Waals surface area (Å²) in [7, 11) is 0. The number of aliphatic hydroxyl groups excluding tert-OH is 1. The van der Waals surface area contributed by atoms with Gasteiger partial charge in [-0.05, 0) is 12.1 Å². The van der Waals surface area contributed by atoms with Gasteiger partial charge in [-0.3, -0.25) is 4.79 Å². The molecule has 0 radical (unpaired) electrons. The summed E-state index contributed by atoms with van der Waals surface area (Å²) in [6, 6.07) is 6.68. The Morgan fingerprint density at radius 1 is 1.46 bits per heavy atom. The molecule has 3 heteroatoms. The number of aliphatic hydroxyl groups is 1. The highest BCUT2D eigenvalue weighted by Gasteiger charge is 2.11. The van der Waals surface area contributed by atoms with E-state index in [4.69, 9.17) is 16.7 Å². The molecule has 0 aliphatic rings. The van der Waals surface area contributed by atoms with Crippen LogP contribution in [0.4, 0.5) is 0 Å². The molecule has 68 valence electrons. The van der Waals surface area contributed by atoms with Crippen LogP contribution < -0.4 is 0 Å². The van der Waals surface area contributed by atoms with Crippen LogP contribution in [-0.4, -0.2) is 17.5 Å². The van der Waals surface area contributed by atoms with Crippen molar-refractivity contribution in [1.82, 2.24) is 0 Å². The lowest BCUT2D eigenvalue weighted by Gasteiger charge is -2.02. The average molecular weight is 197 g/mol. The van der Waals surface area contributed by atoms with E-state index in [0.717, 1.165) is 0 Å². The third-order valence-electron chi connectivity index (χ3n) is 1.63. The zero-order valence-corrected chi connectivity index (χ0v) is 7.71. The second kappa shape index (κ2) is 4.21. The number of benzene rings is 1. The first-order chi connectivity index (χ1) is 6.16.